The van der Waals surface area contributed by atoms with E-state index < -0.39 is 44.7 Å². The average Bonchev–Trinajstić information content (AvgIpc) is 3.14. The van der Waals surface area contributed by atoms with E-state index in [2.05, 4.69) is 19.9 Å². The van der Waals surface area contributed by atoms with Crippen LogP contribution >= 0.6 is 7.82 Å². The molecule has 1 unspecified atom stereocenters. The molecule has 0 aromatic rings. The van der Waals surface area contributed by atoms with Crippen molar-refractivity contribution in [1.82, 2.24) is 0 Å². The van der Waals surface area contributed by atoms with Crippen LogP contribution in [0.1, 0.15) is 194 Å². The van der Waals surface area contributed by atoms with E-state index >= 15 is 0 Å². The molecule has 4 atom stereocenters. The van der Waals surface area contributed by atoms with Crippen molar-refractivity contribution in [2.75, 3.05) is 26.4 Å². The van der Waals surface area contributed by atoms with E-state index in [1.807, 2.05) is 6.08 Å². The van der Waals surface area contributed by atoms with E-state index in [-0.39, 0.29) is 32.6 Å². The summed E-state index contributed by atoms with van der Waals surface area (Å²) < 4.78 is 32.7. The monoisotopic (exact) mass is 778 g/mol. The van der Waals surface area contributed by atoms with Crippen molar-refractivity contribution in [3.05, 3.63) is 12.2 Å². The largest absolute Gasteiger partial charge is 0.472 e. The number of phosphoric ester groups is 1. The number of aliphatic hydroxyl groups is 2. The van der Waals surface area contributed by atoms with Crippen LogP contribution in [0.5, 0.6) is 0 Å². The summed E-state index contributed by atoms with van der Waals surface area (Å²) in [7, 11) is -4.41. The number of allylic oxidation sites excluding steroid dienone is 1. The van der Waals surface area contributed by atoms with Gasteiger partial charge >= 0.3 is 19.8 Å². The lowest BCUT2D eigenvalue weighted by Gasteiger charge is -2.20. The number of rotatable bonds is 40. The number of carbonyl (C=O) groups is 2. The van der Waals surface area contributed by atoms with Gasteiger partial charge in [-0.25, -0.2) is 4.57 Å². The molecule has 0 saturated heterocycles. The van der Waals surface area contributed by atoms with Gasteiger partial charge < -0.3 is 30.3 Å². The number of ether oxygens (including phenoxy) is 2. The molecular formula is C41H80NO10P. The number of aliphatic hydroxyl groups excluding tert-OH is 2. The minimum atomic E-state index is -4.41. The Morgan fingerprint density at radius 1 is 0.623 bits per heavy atom. The van der Waals surface area contributed by atoms with Gasteiger partial charge in [-0.1, -0.05) is 154 Å². The molecule has 0 amide bonds. The van der Waals surface area contributed by atoms with Gasteiger partial charge in [-0.3, -0.25) is 18.6 Å². The molecule has 0 aromatic heterocycles. The van der Waals surface area contributed by atoms with Gasteiger partial charge in [0.25, 0.3) is 0 Å². The van der Waals surface area contributed by atoms with Crippen LogP contribution in [-0.4, -0.2) is 71.7 Å². The maximum Gasteiger partial charge on any atom is 0.472 e. The molecule has 314 valence electrons. The minimum absolute atomic E-state index is 0.0331. The topological polar surface area (TPSA) is 175 Å². The molecule has 0 fully saturated rings. The standard InChI is InChI=1S/C41H80NO10P/c1-3-5-7-9-11-12-13-14-15-16-17-18-19-23-28-32-41(46)52-37(36-51-53(47,48)50-34-33-42)35-49-40(45)31-27-24-20-22-26-30-39(44)38(43)29-25-21-10-8-6-4-2/h21,25,37-39,43-44H,3-20,22-24,26-36,42H2,1-2H3,(H,47,48)/b25-21-/t37-,38-,39-/m1/s1. The Labute approximate surface area is 323 Å². The van der Waals surface area contributed by atoms with Crippen molar-refractivity contribution in [1.29, 1.82) is 0 Å². The van der Waals surface area contributed by atoms with Crippen LogP contribution in [-0.2, 0) is 32.7 Å². The van der Waals surface area contributed by atoms with Crippen LogP contribution in [0.3, 0.4) is 0 Å². The zero-order chi connectivity index (χ0) is 39.3. The first-order chi connectivity index (χ1) is 25.6. The van der Waals surface area contributed by atoms with Gasteiger partial charge in [-0.15, -0.1) is 0 Å². The third kappa shape index (κ3) is 36.1. The third-order valence-electron chi connectivity index (χ3n) is 9.35. The minimum Gasteiger partial charge on any atom is -0.462 e. The quantitative estimate of drug-likeness (QED) is 0.0202. The molecule has 0 aliphatic heterocycles. The number of carbonyl (C=O) groups excluding carboxylic acids is 2. The SMILES string of the molecule is CCCCC/C=C\C[C@@H](O)[C@H](O)CCCCCCCC(=O)OC[C@H](COP(=O)(O)OCCN)OC(=O)CCCCCCCCCCCCCCCCC. The van der Waals surface area contributed by atoms with E-state index in [0.717, 1.165) is 57.8 Å². The van der Waals surface area contributed by atoms with Crippen molar-refractivity contribution in [2.24, 2.45) is 5.73 Å². The van der Waals surface area contributed by atoms with Crippen molar-refractivity contribution >= 4 is 19.8 Å². The molecule has 0 rings (SSSR count). The Hall–Kier alpha value is -1.33. The van der Waals surface area contributed by atoms with Crippen LogP contribution in [0.15, 0.2) is 12.2 Å². The fourth-order valence-electron chi connectivity index (χ4n) is 6.01. The Morgan fingerprint density at radius 2 is 1.11 bits per heavy atom. The first-order valence-electron chi connectivity index (χ1n) is 21.3. The number of hydrogen-bond acceptors (Lipinski definition) is 10. The second kappa shape index (κ2) is 37.6. The highest BCUT2D eigenvalue weighted by Gasteiger charge is 2.26. The zero-order valence-electron chi connectivity index (χ0n) is 33.7. The van der Waals surface area contributed by atoms with E-state index in [4.69, 9.17) is 24.3 Å². The summed E-state index contributed by atoms with van der Waals surface area (Å²) in [5, 5.41) is 20.4. The maximum absolute atomic E-state index is 12.6. The van der Waals surface area contributed by atoms with Gasteiger partial charge in [0, 0.05) is 19.4 Å². The lowest BCUT2D eigenvalue weighted by molar-refractivity contribution is -0.161. The molecule has 0 bridgehead atoms. The maximum atomic E-state index is 12.6. The van der Waals surface area contributed by atoms with Crippen molar-refractivity contribution in [2.45, 2.75) is 212 Å². The van der Waals surface area contributed by atoms with E-state index in [1.165, 1.54) is 83.5 Å². The Bertz CT molecular complexity index is 921. The predicted molar refractivity (Wildman–Crippen MR) is 213 cm³/mol. The molecule has 0 spiro atoms. The van der Waals surface area contributed by atoms with Crippen LogP contribution in [0.25, 0.3) is 0 Å². The van der Waals surface area contributed by atoms with Crippen LogP contribution in [0, 0.1) is 0 Å². The van der Waals surface area contributed by atoms with Crippen molar-refractivity contribution in [3.63, 3.8) is 0 Å². The van der Waals surface area contributed by atoms with Crippen LogP contribution < -0.4 is 5.73 Å². The van der Waals surface area contributed by atoms with Gasteiger partial charge in [0.15, 0.2) is 6.10 Å². The molecular weight excluding hydrogens is 697 g/mol. The van der Waals surface area contributed by atoms with Crippen molar-refractivity contribution in [3.8, 4) is 0 Å². The zero-order valence-corrected chi connectivity index (χ0v) is 34.6. The molecule has 53 heavy (non-hydrogen) atoms. The van der Waals surface area contributed by atoms with Crippen molar-refractivity contribution < 1.29 is 47.8 Å². The molecule has 0 heterocycles. The second-order valence-electron chi connectivity index (χ2n) is 14.5. The summed E-state index contributed by atoms with van der Waals surface area (Å²) >= 11 is 0. The Morgan fingerprint density at radius 3 is 1.66 bits per heavy atom. The molecule has 5 N–H and O–H groups in total. The molecule has 0 saturated carbocycles. The molecule has 0 aromatic carbocycles. The number of unbranched alkanes of at least 4 members (excludes halogenated alkanes) is 21. The highest BCUT2D eigenvalue weighted by atomic mass is 31.2. The van der Waals surface area contributed by atoms with Gasteiger partial charge in [-0.2, -0.15) is 0 Å². The lowest BCUT2D eigenvalue weighted by Crippen LogP contribution is -2.29. The van der Waals surface area contributed by atoms with Gasteiger partial charge in [0.05, 0.1) is 25.4 Å². The molecule has 12 heteroatoms. The number of nitrogens with two attached hydrogens (primary N) is 1. The average molecular weight is 778 g/mol. The normalized spacial score (nSPS) is 14.6. The summed E-state index contributed by atoms with van der Waals surface area (Å²) in [4.78, 5) is 34.8. The highest BCUT2D eigenvalue weighted by Crippen LogP contribution is 2.43. The Balaban J connectivity index is 4.26. The summed E-state index contributed by atoms with van der Waals surface area (Å²) in [6.07, 6.45) is 29.7. The summed E-state index contributed by atoms with van der Waals surface area (Å²) in [5.41, 5.74) is 5.33. The van der Waals surface area contributed by atoms with Gasteiger partial charge in [0.1, 0.15) is 6.61 Å². The number of phosphoric acid groups is 1. The fraction of sp³-hybridized carbons (Fsp3) is 0.902. The highest BCUT2D eigenvalue weighted by molar-refractivity contribution is 7.47. The van der Waals surface area contributed by atoms with E-state index in [9.17, 15) is 29.3 Å². The second-order valence-corrected chi connectivity index (χ2v) is 16.0. The molecule has 0 aliphatic carbocycles. The van der Waals surface area contributed by atoms with Crippen LogP contribution in [0.2, 0.25) is 0 Å². The third-order valence-corrected chi connectivity index (χ3v) is 10.3. The summed E-state index contributed by atoms with van der Waals surface area (Å²) in [5.74, 6) is -0.933. The number of hydrogen-bond donors (Lipinski definition) is 4. The molecule has 0 aliphatic rings. The fourth-order valence-corrected chi connectivity index (χ4v) is 6.78. The molecule has 0 radical (unpaired) electrons. The van der Waals surface area contributed by atoms with E-state index in [1.54, 1.807) is 0 Å². The number of esters is 2. The predicted octanol–water partition coefficient (Wildman–Crippen LogP) is 9.77. The smallest absolute Gasteiger partial charge is 0.462 e. The Kier molecular flexibility index (Phi) is 36.6. The summed E-state index contributed by atoms with van der Waals surface area (Å²) in [6.45, 7) is 3.51. The lowest BCUT2D eigenvalue weighted by atomic mass is 10.0. The first-order valence-corrected chi connectivity index (χ1v) is 22.8. The van der Waals surface area contributed by atoms with E-state index in [0.29, 0.717) is 25.7 Å². The van der Waals surface area contributed by atoms with Gasteiger partial charge in [0.2, 0.25) is 0 Å². The van der Waals surface area contributed by atoms with Gasteiger partial charge in [-0.05, 0) is 38.5 Å². The summed E-state index contributed by atoms with van der Waals surface area (Å²) in [6, 6.07) is 0. The van der Waals surface area contributed by atoms with Crippen LogP contribution in [0.4, 0.5) is 0 Å². The first kappa shape index (κ1) is 51.7. The molecule has 11 nitrogen and oxygen atoms in total.